The lowest BCUT2D eigenvalue weighted by molar-refractivity contribution is 1.31. The minimum atomic E-state index is 1.24. The van der Waals surface area contributed by atoms with Crippen LogP contribution in [-0.2, 0) is 0 Å². The zero-order chi connectivity index (χ0) is 6.95. The predicted molar refractivity (Wildman–Crippen MR) is 43.7 cm³/mol. The number of rotatable bonds is 4. The lowest BCUT2D eigenvalue weighted by atomic mass is 10.5. The highest BCUT2D eigenvalue weighted by atomic mass is 32.2. The molecule has 0 aliphatic carbocycles. The Balaban J connectivity index is 3.23. The van der Waals surface area contributed by atoms with Crippen LogP contribution >= 0.6 is 11.9 Å². The van der Waals surface area contributed by atoms with Gasteiger partial charge in [-0.2, -0.15) is 0 Å². The van der Waals surface area contributed by atoms with Crippen LogP contribution in [0, 0.1) is 5.41 Å². The molecule has 2 N–H and O–H groups in total. The van der Waals surface area contributed by atoms with Crippen molar-refractivity contribution in [2.45, 2.75) is 0 Å². The fourth-order valence-electron chi connectivity index (χ4n) is 0.272. The van der Waals surface area contributed by atoms with E-state index in [1.807, 2.05) is 18.5 Å². The molecule has 0 aliphatic rings. The monoisotopic (exact) mass is 142 g/mol. The topological polar surface area (TPSA) is 35.9 Å². The van der Waals surface area contributed by atoms with Crippen LogP contribution < -0.4 is 4.72 Å². The first kappa shape index (κ1) is 8.46. The molecule has 0 saturated carbocycles. The van der Waals surface area contributed by atoms with Gasteiger partial charge in [0.25, 0.3) is 0 Å². The van der Waals surface area contributed by atoms with E-state index in [1.54, 1.807) is 12.2 Å². The van der Waals surface area contributed by atoms with E-state index in [1.165, 1.54) is 18.2 Å². The molecule has 9 heavy (non-hydrogen) atoms. The lowest BCUT2D eigenvalue weighted by Gasteiger charge is -1.82. The molecule has 0 radical (unpaired) electrons. The van der Waals surface area contributed by atoms with E-state index >= 15 is 0 Å². The average Bonchev–Trinajstić information content (AvgIpc) is 1.89. The molecule has 0 aliphatic heterocycles. The van der Waals surface area contributed by atoms with Crippen molar-refractivity contribution in [3.05, 3.63) is 23.6 Å². The minimum Gasteiger partial charge on any atom is -0.309 e. The van der Waals surface area contributed by atoms with Crippen LogP contribution in [0.15, 0.2) is 23.6 Å². The van der Waals surface area contributed by atoms with E-state index in [4.69, 9.17) is 5.41 Å². The summed E-state index contributed by atoms with van der Waals surface area (Å²) in [5, 5.41) is 8.52. The second-order valence-electron chi connectivity index (χ2n) is 1.20. The molecule has 2 nitrogen and oxygen atoms in total. The number of allylic oxidation sites excluding steroid dienone is 3. The fraction of sp³-hybridized carbons (Fsp3) is 0.167. The lowest BCUT2D eigenvalue weighted by Crippen LogP contribution is -1.85. The van der Waals surface area contributed by atoms with Crippen LogP contribution in [0.5, 0.6) is 0 Å². The maximum absolute atomic E-state index is 6.61. The highest BCUT2D eigenvalue weighted by molar-refractivity contribution is 8.00. The van der Waals surface area contributed by atoms with Crippen molar-refractivity contribution in [1.82, 2.24) is 4.72 Å². The third-order valence-corrected chi connectivity index (χ3v) is 1.11. The van der Waals surface area contributed by atoms with Gasteiger partial charge in [-0.05, 0) is 18.5 Å². The Hall–Kier alpha value is -0.540. The van der Waals surface area contributed by atoms with Crippen LogP contribution in [0.4, 0.5) is 0 Å². The molecule has 0 aromatic carbocycles. The highest BCUT2D eigenvalue weighted by Crippen LogP contribution is 1.91. The molecule has 3 heteroatoms. The zero-order valence-electron chi connectivity index (χ0n) is 5.29. The molecule has 0 rings (SSSR count). The van der Waals surface area contributed by atoms with E-state index < -0.39 is 0 Å². The second kappa shape index (κ2) is 7.46. The molecule has 50 valence electrons. The van der Waals surface area contributed by atoms with Gasteiger partial charge in [0.2, 0.25) is 0 Å². The first-order valence-corrected chi connectivity index (χ1v) is 3.44. The maximum Gasteiger partial charge on any atom is 0.0177 e. The molecule has 0 spiro atoms. The molecular weight excluding hydrogens is 132 g/mol. The van der Waals surface area contributed by atoms with Gasteiger partial charge in [-0.15, -0.1) is 0 Å². The van der Waals surface area contributed by atoms with E-state index in [0.29, 0.717) is 0 Å². The van der Waals surface area contributed by atoms with Crippen LogP contribution in [-0.4, -0.2) is 13.3 Å². The van der Waals surface area contributed by atoms with Gasteiger partial charge in [0, 0.05) is 6.21 Å². The largest absolute Gasteiger partial charge is 0.309 e. The molecule has 0 heterocycles. The number of hydrogen-bond acceptors (Lipinski definition) is 3. The SMILES string of the molecule is CNS/C=C/C=C\C=N. The Labute approximate surface area is 59.7 Å². The summed E-state index contributed by atoms with van der Waals surface area (Å²) in [6.07, 6.45) is 6.57. The normalized spacial score (nSPS) is 11.2. The second-order valence-corrected chi connectivity index (χ2v) is 2.12. The summed E-state index contributed by atoms with van der Waals surface area (Å²) in [6.45, 7) is 0. The summed E-state index contributed by atoms with van der Waals surface area (Å²) in [6, 6.07) is 0. The van der Waals surface area contributed by atoms with Crippen molar-refractivity contribution in [3.8, 4) is 0 Å². The summed E-state index contributed by atoms with van der Waals surface area (Å²) >= 11 is 1.50. The maximum atomic E-state index is 6.61. The van der Waals surface area contributed by atoms with E-state index in [0.717, 1.165) is 0 Å². The Morgan fingerprint density at radius 3 is 2.67 bits per heavy atom. The van der Waals surface area contributed by atoms with Gasteiger partial charge in [-0.1, -0.05) is 24.1 Å². The van der Waals surface area contributed by atoms with Crippen molar-refractivity contribution in [1.29, 1.82) is 5.41 Å². The Morgan fingerprint density at radius 1 is 1.33 bits per heavy atom. The van der Waals surface area contributed by atoms with Crippen molar-refractivity contribution < 1.29 is 0 Å². The Morgan fingerprint density at radius 2 is 2.11 bits per heavy atom. The van der Waals surface area contributed by atoms with Gasteiger partial charge in [-0.25, -0.2) is 0 Å². The van der Waals surface area contributed by atoms with Crippen molar-refractivity contribution in [2.24, 2.45) is 0 Å². The van der Waals surface area contributed by atoms with E-state index in [9.17, 15) is 0 Å². The first-order chi connectivity index (χ1) is 4.41. The van der Waals surface area contributed by atoms with E-state index in [-0.39, 0.29) is 0 Å². The molecule has 0 unspecified atom stereocenters. The van der Waals surface area contributed by atoms with Crippen molar-refractivity contribution >= 4 is 18.2 Å². The quantitative estimate of drug-likeness (QED) is 0.355. The van der Waals surface area contributed by atoms with Crippen molar-refractivity contribution in [3.63, 3.8) is 0 Å². The van der Waals surface area contributed by atoms with Gasteiger partial charge in [0.05, 0.1) is 0 Å². The number of nitrogens with one attached hydrogen (secondary N) is 2. The van der Waals surface area contributed by atoms with Crippen LogP contribution in [0.3, 0.4) is 0 Å². The van der Waals surface area contributed by atoms with Gasteiger partial charge >= 0.3 is 0 Å². The fourth-order valence-corrected chi connectivity index (χ4v) is 0.578. The van der Waals surface area contributed by atoms with Crippen LogP contribution in [0.2, 0.25) is 0 Å². The summed E-state index contributed by atoms with van der Waals surface area (Å²) in [5.74, 6) is 0. The predicted octanol–water partition coefficient (Wildman–Crippen LogP) is 1.57. The average molecular weight is 142 g/mol. The smallest absolute Gasteiger partial charge is 0.0177 e. The van der Waals surface area contributed by atoms with E-state index in [2.05, 4.69) is 4.72 Å². The number of hydrogen-bond donors (Lipinski definition) is 2. The zero-order valence-corrected chi connectivity index (χ0v) is 6.11. The molecule has 0 aromatic rings. The van der Waals surface area contributed by atoms with Crippen molar-refractivity contribution in [2.75, 3.05) is 7.05 Å². The third kappa shape index (κ3) is 7.46. The third-order valence-electron chi connectivity index (χ3n) is 0.583. The van der Waals surface area contributed by atoms with Crippen LogP contribution in [0.1, 0.15) is 0 Å². The highest BCUT2D eigenvalue weighted by Gasteiger charge is 1.65. The van der Waals surface area contributed by atoms with Gasteiger partial charge in [-0.3, -0.25) is 4.72 Å². The molecule has 0 bridgehead atoms. The molecular formula is C6H10N2S. The van der Waals surface area contributed by atoms with Gasteiger partial charge in [0.15, 0.2) is 0 Å². The summed E-state index contributed by atoms with van der Waals surface area (Å²) in [5.41, 5.74) is 0. The van der Waals surface area contributed by atoms with Gasteiger partial charge < -0.3 is 5.41 Å². The molecule has 0 atom stereocenters. The molecule has 0 fully saturated rings. The Kier molecular flexibility index (Phi) is 7.01. The van der Waals surface area contributed by atoms with Crippen LogP contribution in [0.25, 0.3) is 0 Å². The summed E-state index contributed by atoms with van der Waals surface area (Å²) < 4.78 is 2.88. The standard InChI is InChI=1S/C6H10N2S/c1-8-9-6-4-2-3-5-7/h2-8H,1H3/b3-2-,6-4+,7-5?. The Bertz CT molecular complexity index is 118. The molecule has 0 aromatic heterocycles. The summed E-state index contributed by atoms with van der Waals surface area (Å²) in [4.78, 5) is 0. The first-order valence-electron chi connectivity index (χ1n) is 2.56. The van der Waals surface area contributed by atoms with Gasteiger partial charge in [0.1, 0.15) is 0 Å². The molecule has 0 saturated heterocycles. The minimum absolute atomic E-state index is 1.24. The summed E-state index contributed by atoms with van der Waals surface area (Å²) in [7, 11) is 1.86. The molecule has 0 amide bonds.